The fourth-order valence-electron chi connectivity index (χ4n) is 5.85. The van der Waals surface area contributed by atoms with Gasteiger partial charge in [-0.15, -0.1) is 0 Å². The van der Waals surface area contributed by atoms with Gasteiger partial charge in [0.1, 0.15) is 11.9 Å². The standard InChI is InChI=1S/C28H32F4N4O4S/c29-23-7-2-1-6-22(23)24-13-16-36(24)41(39,40)34-14-3-5-20(18-34)27(38)35-15-4-8-25(35)26(37)33-17-19-9-11-21(12-10-19)28(30,31)32/h1-2,6-7,9-12,20,24-25H,3-5,8,13-18H2,(H,33,37)/t20-,24+,25+/m0/s1. The van der Waals surface area contributed by atoms with Gasteiger partial charge in [0.2, 0.25) is 11.8 Å². The quantitative estimate of drug-likeness (QED) is 0.492. The van der Waals surface area contributed by atoms with E-state index in [-0.39, 0.29) is 32.1 Å². The first-order valence-corrected chi connectivity index (χ1v) is 15.1. The number of benzene rings is 2. The van der Waals surface area contributed by atoms with Crippen LogP contribution >= 0.6 is 0 Å². The molecule has 0 spiro atoms. The van der Waals surface area contributed by atoms with Gasteiger partial charge in [0.25, 0.3) is 10.2 Å². The number of hydrogen-bond donors (Lipinski definition) is 1. The molecule has 3 aliphatic heterocycles. The Hall–Kier alpha value is -3.03. The third-order valence-electron chi connectivity index (χ3n) is 8.18. The highest BCUT2D eigenvalue weighted by atomic mass is 32.2. The molecule has 0 saturated carbocycles. The second kappa shape index (κ2) is 11.7. The van der Waals surface area contributed by atoms with E-state index in [4.69, 9.17) is 0 Å². The van der Waals surface area contributed by atoms with Crippen LogP contribution in [0.2, 0.25) is 0 Å². The molecule has 13 heteroatoms. The summed E-state index contributed by atoms with van der Waals surface area (Å²) in [7, 11) is -3.93. The fourth-order valence-corrected chi connectivity index (χ4v) is 7.76. The van der Waals surface area contributed by atoms with Gasteiger partial charge in [-0.1, -0.05) is 30.3 Å². The number of piperidine rings is 1. The zero-order valence-electron chi connectivity index (χ0n) is 22.3. The van der Waals surface area contributed by atoms with E-state index in [1.54, 1.807) is 18.2 Å². The first kappa shape index (κ1) is 29.5. The van der Waals surface area contributed by atoms with Crippen molar-refractivity contribution in [2.75, 3.05) is 26.2 Å². The molecule has 1 N–H and O–H groups in total. The van der Waals surface area contributed by atoms with Gasteiger partial charge in [-0.2, -0.15) is 30.2 Å². The summed E-state index contributed by atoms with van der Waals surface area (Å²) in [6.45, 7) is 0.886. The van der Waals surface area contributed by atoms with E-state index in [1.807, 2.05) is 0 Å². The van der Waals surface area contributed by atoms with Crippen molar-refractivity contribution in [3.63, 3.8) is 0 Å². The van der Waals surface area contributed by atoms with Crippen LogP contribution in [0.5, 0.6) is 0 Å². The van der Waals surface area contributed by atoms with Gasteiger partial charge in [-0.3, -0.25) is 9.59 Å². The number of carbonyl (C=O) groups excluding carboxylic acids is 2. The van der Waals surface area contributed by atoms with Gasteiger partial charge in [-0.25, -0.2) is 4.39 Å². The van der Waals surface area contributed by atoms with E-state index in [9.17, 15) is 35.6 Å². The average molecular weight is 597 g/mol. The Kier molecular flexibility index (Phi) is 8.40. The third kappa shape index (κ3) is 6.12. The van der Waals surface area contributed by atoms with E-state index in [2.05, 4.69) is 5.32 Å². The summed E-state index contributed by atoms with van der Waals surface area (Å²) >= 11 is 0. The largest absolute Gasteiger partial charge is 0.416 e. The summed E-state index contributed by atoms with van der Waals surface area (Å²) in [6.07, 6.45) is -1.93. The van der Waals surface area contributed by atoms with Crippen LogP contribution in [0.4, 0.5) is 17.6 Å². The van der Waals surface area contributed by atoms with Gasteiger partial charge in [0, 0.05) is 38.3 Å². The second-order valence-corrected chi connectivity index (χ2v) is 12.6. The molecule has 2 aromatic carbocycles. The van der Waals surface area contributed by atoms with Crippen molar-refractivity contribution >= 4 is 22.0 Å². The highest BCUT2D eigenvalue weighted by Crippen LogP contribution is 2.39. The number of nitrogens with one attached hydrogen (secondary N) is 1. The van der Waals surface area contributed by atoms with E-state index in [0.717, 1.165) is 12.1 Å². The maximum Gasteiger partial charge on any atom is 0.416 e. The lowest BCUT2D eigenvalue weighted by Gasteiger charge is -2.44. The topological polar surface area (TPSA) is 90.0 Å². The molecule has 0 unspecified atom stereocenters. The Morgan fingerprint density at radius 3 is 2.29 bits per heavy atom. The number of hydrogen-bond acceptors (Lipinski definition) is 4. The van der Waals surface area contributed by atoms with E-state index in [1.165, 1.54) is 31.7 Å². The summed E-state index contributed by atoms with van der Waals surface area (Å²) in [5.74, 6) is -1.76. The smallest absolute Gasteiger partial charge is 0.350 e. The molecule has 3 heterocycles. The number of halogens is 4. The average Bonchev–Trinajstić information content (AvgIpc) is 3.42. The zero-order chi connectivity index (χ0) is 29.4. The molecule has 0 radical (unpaired) electrons. The molecule has 3 fully saturated rings. The Labute approximate surface area is 236 Å². The number of alkyl halides is 3. The van der Waals surface area contributed by atoms with E-state index >= 15 is 0 Å². The van der Waals surface area contributed by atoms with Crippen LogP contribution in [0, 0.1) is 11.7 Å². The van der Waals surface area contributed by atoms with Crippen molar-refractivity contribution < 1.29 is 35.6 Å². The van der Waals surface area contributed by atoms with Crippen molar-refractivity contribution in [1.29, 1.82) is 0 Å². The van der Waals surface area contributed by atoms with Crippen LogP contribution < -0.4 is 5.32 Å². The molecular formula is C28H32F4N4O4S. The molecular weight excluding hydrogens is 564 g/mol. The Morgan fingerprint density at radius 2 is 1.63 bits per heavy atom. The van der Waals surface area contributed by atoms with Gasteiger partial charge >= 0.3 is 6.18 Å². The lowest BCUT2D eigenvalue weighted by molar-refractivity contribution is -0.142. The van der Waals surface area contributed by atoms with Crippen molar-refractivity contribution in [3.05, 3.63) is 71.0 Å². The number of likely N-dealkylation sites (tertiary alicyclic amines) is 1. The maximum atomic E-state index is 14.4. The zero-order valence-corrected chi connectivity index (χ0v) is 23.1. The van der Waals surface area contributed by atoms with E-state index in [0.29, 0.717) is 49.8 Å². The van der Waals surface area contributed by atoms with Crippen molar-refractivity contribution in [1.82, 2.24) is 18.8 Å². The van der Waals surface area contributed by atoms with Gasteiger partial charge in [-0.05, 0) is 55.9 Å². The lowest BCUT2D eigenvalue weighted by atomic mass is 9.97. The summed E-state index contributed by atoms with van der Waals surface area (Å²) < 4.78 is 82.3. The van der Waals surface area contributed by atoms with Crippen LogP contribution in [-0.4, -0.2) is 66.0 Å². The Bertz CT molecular complexity index is 1390. The molecule has 2 aromatic rings. The summed E-state index contributed by atoms with van der Waals surface area (Å²) in [5.41, 5.74) is 0.0461. The Balaban J connectivity index is 1.20. The predicted octanol–water partition coefficient (Wildman–Crippen LogP) is 3.86. The van der Waals surface area contributed by atoms with Crippen molar-refractivity contribution in [2.24, 2.45) is 5.92 Å². The summed E-state index contributed by atoms with van der Waals surface area (Å²) in [6, 6.07) is 9.29. The minimum atomic E-state index is -4.45. The first-order chi connectivity index (χ1) is 19.5. The Morgan fingerprint density at radius 1 is 0.927 bits per heavy atom. The molecule has 2 amide bonds. The molecule has 41 heavy (non-hydrogen) atoms. The molecule has 5 rings (SSSR count). The number of nitrogens with zero attached hydrogens (tertiary/aromatic N) is 3. The highest BCUT2D eigenvalue weighted by molar-refractivity contribution is 7.86. The maximum absolute atomic E-state index is 14.4. The second-order valence-electron chi connectivity index (χ2n) is 10.7. The monoisotopic (exact) mass is 596 g/mol. The minimum absolute atomic E-state index is 0.0158. The van der Waals surface area contributed by atoms with Crippen molar-refractivity contribution in [2.45, 2.75) is 56.9 Å². The molecule has 0 bridgehead atoms. The third-order valence-corrected chi connectivity index (χ3v) is 10.2. The normalized spacial score (nSPS) is 24.2. The summed E-state index contributed by atoms with van der Waals surface area (Å²) in [4.78, 5) is 28.0. The number of amides is 2. The number of carbonyl (C=O) groups is 2. The molecule has 3 saturated heterocycles. The molecule has 0 aliphatic carbocycles. The molecule has 222 valence electrons. The first-order valence-electron chi connectivity index (χ1n) is 13.7. The van der Waals surface area contributed by atoms with Crippen LogP contribution in [0.15, 0.2) is 48.5 Å². The van der Waals surface area contributed by atoms with Gasteiger partial charge in [0.15, 0.2) is 0 Å². The fraction of sp³-hybridized carbons (Fsp3) is 0.500. The SMILES string of the molecule is O=C(NCc1ccc(C(F)(F)F)cc1)[C@H]1CCCN1C(=O)[C@H]1CCCN(S(=O)(=O)N2CC[C@@H]2c2ccccc2F)C1. The molecule has 3 atom stereocenters. The molecule has 8 nitrogen and oxygen atoms in total. The van der Waals surface area contributed by atoms with Crippen molar-refractivity contribution in [3.8, 4) is 0 Å². The van der Waals surface area contributed by atoms with Crippen LogP contribution in [-0.2, 0) is 32.5 Å². The van der Waals surface area contributed by atoms with Crippen LogP contribution in [0.25, 0.3) is 0 Å². The molecule has 3 aliphatic rings. The minimum Gasteiger partial charge on any atom is -0.350 e. The van der Waals surface area contributed by atoms with Gasteiger partial charge in [0.05, 0.1) is 17.5 Å². The predicted molar refractivity (Wildman–Crippen MR) is 142 cm³/mol. The number of rotatable bonds is 7. The van der Waals surface area contributed by atoms with E-state index < -0.39 is 51.7 Å². The van der Waals surface area contributed by atoms with Crippen LogP contribution in [0.1, 0.15) is 54.8 Å². The van der Waals surface area contributed by atoms with Crippen LogP contribution in [0.3, 0.4) is 0 Å². The van der Waals surface area contributed by atoms with Gasteiger partial charge < -0.3 is 10.2 Å². The highest BCUT2D eigenvalue weighted by Gasteiger charge is 2.46. The molecule has 0 aromatic heterocycles. The lowest BCUT2D eigenvalue weighted by Crippen LogP contribution is -2.56. The summed E-state index contributed by atoms with van der Waals surface area (Å²) in [5, 5.41) is 2.72.